The number of hydrogen-bond acceptors (Lipinski definition) is 3. The molecule has 1 saturated heterocycles. The lowest BCUT2D eigenvalue weighted by Crippen LogP contribution is -2.39. The van der Waals surface area contributed by atoms with E-state index in [2.05, 4.69) is 27.3 Å². The molecule has 0 N–H and O–H groups in total. The molecule has 1 heterocycles. The van der Waals surface area contributed by atoms with Gasteiger partial charge < -0.3 is 9.47 Å². The summed E-state index contributed by atoms with van der Waals surface area (Å²) in [6.45, 7) is 0.721. The van der Waals surface area contributed by atoms with Crippen molar-refractivity contribution in [2.24, 2.45) is 0 Å². The summed E-state index contributed by atoms with van der Waals surface area (Å²) in [7, 11) is 2.99. The molecule has 1 rings (SSSR count). The molecule has 0 bridgehead atoms. The van der Waals surface area contributed by atoms with Crippen molar-refractivity contribution in [3.05, 3.63) is 0 Å². The van der Waals surface area contributed by atoms with Gasteiger partial charge in [0, 0.05) is 13.7 Å². The minimum Gasteiger partial charge on any atom is -0.453 e. The maximum atomic E-state index is 11.1. The van der Waals surface area contributed by atoms with Crippen molar-refractivity contribution in [3.63, 3.8) is 0 Å². The Hall–Kier alpha value is -0.0400. The zero-order valence-electron chi connectivity index (χ0n) is 7.12. The summed E-state index contributed by atoms with van der Waals surface area (Å²) in [6, 6.07) is 0. The molecule has 0 aromatic carbocycles. The third kappa shape index (κ3) is 1.82. The second-order valence-corrected chi connectivity index (χ2v) is 4.19. The molecule has 12 heavy (non-hydrogen) atoms. The Balaban J connectivity index is 2.60. The van der Waals surface area contributed by atoms with E-state index in [1.54, 1.807) is 12.0 Å². The van der Waals surface area contributed by atoms with E-state index in [0.29, 0.717) is 3.92 Å². The molecule has 70 valence electrons. The quantitative estimate of drug-likeness (QED) is 0.537. The highest BCUT2D eigenvalue weighted by atomic mass is 127. The molecule has 5 heteroatoms. The zero-order chi connectivity index (χ0) is 9.14. The smallest absolute Gasteiger partial charge is 0.411 e. The lowest BCUT2D eigenvalue weighted by molar-refractivity contribution is 0.00387. The molecule has 0 aromatic heterocycles. The first kappa shape index (κ1) is 10.0. The Kier molecular flexibility index (Phi) is 3.57. The van der Waals surface area contributed by atoms with Crippen molar-refractivity contribution >= 4 is 28.7 Å². The van der Waals surface area contributed by atoms with Gasteiger partial charge in [-0.15, -0.1) is 0 Å². The molecule has 0 saturated carbocycles. The van der Waals surface area contributed by atoms with Gasteiger partial charge in [-0.05, 0) is 6.42 Å². The number of halogens is 1. The number of rotatable bonds is 1. The van der Waals surface area contributed by atoms with E-state index in [4.69, 9.17) is 4.74 Å². The van der Waals surface area contributed by atoms with Gasteiger partial charge in [0.1, 0.15) is 6.23 Å². The number of carbonyl (C=O) groups excluding carboxylic acids is 1. The zero-order valence-corrected chi connectivity index (χ0v) is 9.28. The van der Waals surface area contributed by atoms with E-state index in [9.17, 15) is 4.79 Å². The molecule has 2 atom stereocenters. The molecule has 0 unspecified atom stereocenters. The van der Waals surface area contributed by atoms with E-state index in [0.717, 1.165) is 13.0 Å². The summed E-state index contributed by atoms with van der Waals surface area (Å²) < 4.78 is 10.2. The van der Waals surface area contributed by atoms with Crippen molar-refractivity contribution < 1.29 is 14.3 Å². The number of likely N-dealkylation sites (tertiary alicyclic amines) is 1. The van der Waals surface area contributed by atoms with Crippen molar-refractivity contribution in [1.82, 2.24) is 4.90 Å². The molecule has 1 aliphatic heterocycles. The molecular formula is C7H12INO3. The van der Waals surface area contributed by atoms with Crippen LogP contribution in [0.3, 0.4) is 0 Å². The topological polar surface area (TPSA) is 38.8 Å². The number of ether oxygens (including phenoxy) is 2. The van der Waals surface area contributed by atoms with E-state index >= 15 is 0 Å². The van der Waals surface area contributed by atoms with Crippen LogP contribution < -0.4 is 0 Å². The van der Waals surface area contributed by atoms with E-state index in [-0.39, 0.29) is 12.3 Å². The van der Waals surface area contributed by atoms with Gasteiger partial charge in [0.15, 0.2) is 0 Å². The van der Waals surface area contributed by atoms with Crippen molar-refractivity contribution in [2.75, 3.05) is 20.8 Å². The summed E-state index contributed by atoms with van der Waals surface area (Å²) >= 11 is 2.28. The molecule has 1 aliphatic rings. The van der Waals surface area contributed by atoms with Crippen LogP contribution in [0.2, 0.25) is 0 Å². The molecule has 4 nitrogen and oxygen atoms in total. The fourth-order valence-corrected chi connectivity index (χ4v) is 2.28. The Bertz CT molecular complexity index is 176. The first-order valence-electron chi connectivity index (χ1n) is 3.72. The highest BCUT2D eigenvalue weighted by Crippen LogP contribution is 2.25. The molecule has 0 spiro atoms. The molecule has 0 aromatic rings. The monoisotopic (exact) mass is 285 g/mol. The SMILES string of the molecule is COC(=O)N1CC[C@@H](I)[C@@H]1OC. The number of amides is 1. The van der Waals surface area contributed by atoms with E-state index in [1.165, 1.54) is 7.11 Å². The van der Waals surface area contributed by atoms with E-state index < -0.39 is 0 Å². The Morgan fingerprint density at radius 1 is 1.58 bits per heavy atom. The molecule has 1 fully saturated rings. The molecular weight excluding hydrogens is 273 g/mol. The highest BCUT2D eigenvalue weighted by Gasteiger charge is 2.36. The normalized spacial score (nSPS) is 29.1. The van der Waals surface area contributed by atoms with Crippen LogP contribution in [0.4, 0.5) is 4.79 Å². The highest BCUT2D eigenvalue weighted by molar-refractivity contribution is 14.1. The molecule has 0 aliphatic carbocycles. The van der Waals surface area contributed by atoms with E-state index in [1.807, 2.05) is 0 Å². The minimum atomic E-state index is -0.305. The van der Waals surface area contributed by atoms with Gasteiger partial charge in [0.25, 0.3) is 0 Å². The summed E-state index contributed by atoms with van der Waals surface area (Å²) in [6.07, 6.45) is 0.535. The van der Waals surface area contributed by atoms with Crippen molar-refractivity contribution in [2.45, 2.75) is 16.6 Å². The second-order valence-electron chi connectivity index (χ2n) is 2.59. The number of hydrogen-bond donors (Lipinski definition) is 0. The fourth-order valence-electron chi connectivity index (χ4n) is 1.31. The van der Waals surface area contributed by atoms with Crippen LogP contribution in [-0.2, 0) is 9.47 Å². The van der Waals surface area contributed by atoms with Crippen LogP contribution in [0.5, 0.6) is 0 Å². The lowest BCUT2D eigenvalue weighted by atomic mass is 10.4. The predicted octanol–water partition coefficient (Wildman–Crippen LogP) is 1.23. The number of alkyl halides is 1. The Labute approximate surface area is 85.3 Å². The van der Waals surface area contributed by atoms with Crippen molar-refractivity contribution in [1.29, 1.82) is 0 Å². The van der Waals surface area contributed by atoms with Crippen LogP contribution in [0.15, 0.2) is 0 Å². The standard InChI is InChI=1S/C7H12INO3/c1-11-6-5(8)3-4-9(6)7(10)12-2/h5-6H,3-4H2,1-2H3/t5-,6+/m1/s1. The predicted molar refractivity (Wildman–Crippen MR) is 52.3 cm³/mol. The van der Waals surface area contributed by atoms with Crippen LogP contribution >= 0.6 is 22.6 Å². The Morgan fingerprint density at radius 2 is 2.25 bits per heavy atom. The number of methoxy groups -OCH3 is 2. The Morgan fingerprint density at radius 3 is 2.75 bits per heavy atom. The number of carbonyl (C=O) groups is 1. The average Bonchev–Trinajstić information content (AvgIpc) is 2.45. The molecule has 0 radical (unpaired) electrons. The summed E-state index contributed by atoms with van der Waals surface area (Å²) in [4.78, 5) is 12.8. The third-order valence-electron chi connectivity index (χ3n) is 1.91. The van der Waals surface area contributed by atoms with Crippen LogP contribution in [0.25, 0.3) is 0 Å². The summed E-state index contributed by atoms with van der Waals surface area (Å²) in [5.74, 6) is 0. The minimum absolute atomic E-state index is 0.127. The van der Waals surface area contributed by atoms with Crippen LogP contribution in [0, 0.1) is 0 Å². The third-order valence-corrected chi connectivity index (χ3v) is 3.15. The first-order valence-corrected chi connectivity index (χ1v) is 4.96. The second kappa shape index (κ2) is 4.27. The van der Waals surface area contributed by atoms with Gasteiger partial charge in [-0.1, -0.05) is 22.6 Å². The van der Waals surface area contributed by atoms with Crippen LogP contribution in [-0.4, -0.2) is 41.9 Å². The van der Waals surface area contributed by atoms with Crippen LogP contribution in [0.1, 0.15) is 6.42 Å². The fraction of sp³-hybridized carbons (Fsp3) is 0.857. The van der Waals surface area contributed by atoms with Gasteiger partial charge in [0.2, 0.25) is 0 Å². The van der Waals surface area contributed by atoms with Gasteiger partial charge in [-0.2, -0.15) is 0 Å². The van der Waals surface area contributed by atoms with Gasteiger partial charge in [-0.3, -0.25) is 4.90 Å². The van der Waals surface area contributed by atoms with Gasteiger partial charge in [-0.25, -0.2) is 4.79 Å². The summed E-state index contributed by atoms with van der Waals surface area (Å²) in [5, 5.41) is 0. The maximum Gasteiger partial charge on any atom is 0.411 e. The van der Waals surface area contributed by atoms with Crippen molar-refractivity contribution in [3.8, 4) is 0 Å². The van der Waals surface area contributed by atoms with Gasteiger partial charge in [0.05, 0.1) is 11.0 Å². The summed E-state index contributed by atoms with van der Waals surface area (Å²) in [5.41, 5.74) is 0. The lowest BCUT2D eigenvalue weighted by Gasteiger charge is -2.23. The first-order chi connectivity index (χ1) is 5.70. The molecule has 1 amide bonds. The van der Waals surface area contributed by atoms with Gasteiger partial charge >= 0.3 is 6.09 Å². The maximum absolute atomic E-state index is 11.1. The average molecular weight is 285 g/mol. The number of nitrogens with zero attached hydrogens (tertiary/aromatic N) is 1. The largest absolute Gasteiger partial charge is 0.453 e.